The zero-order valence-electron chi connectivity index (χ0n) is 13.0. The summed E-state index contributed by atoms with van der Waals surface area (Å²) in [5, 5.41) is 10.2. The van der Waals surface area contributed by atoms with Gasteiger partial charge in [0.15, 0.2) is 0 Å². The van der Waals surface area contributed by atoms with Crippen molar-refractivity contribution in [1.82, 2.24) is 4.98 Å². The minimum atomic E-state index is -0.971. The van der Waals surface area contributed by atoms with Crippen molar-refractivity contribution in [3.63, 3.8) is 0 Å². The van der Waals surface area contributed by atoms with E-state index < -0.39 is 5.97 Å². The molecular weight excluding hydrogens is 290 g/mol. The second-order valence-electron chi connectivity index (χ2n) is 5.29. The predicted octanol–water partition coefficient (Wildman–Crippen LogP) is 4.31. The molecule has 116 valence electrons. The van der Waals surface area contributed by atoms with Gasteiger partial charge < -0.3 is 9.84 Å². The molecule has 0 aliphatic rings. The molecule has 0 unspecified atom stereocenters. The van der Waals surface area contributed by atoms with Gasteiger partial charge in [0.05, 0.1) is 23.4 Å². The van der Waals surface area contributed by atoms with Crippen molar-refractivity contribution >= 4 is 16.9 Å². The van der Waals surface area contributed by atoms with E-state index in [1.165, 1.54) is 0 Å². The van der Waals surface area contributed by atoms with Crippen LogP contribution in [0.5, 0.6) is 5.75 Å². The number of aromatic nitrogens is 1. The summed E-state index contributed by atoms with van der Waals surface area (Å²) in [4.78, 5) is 16.3. The molecule has 0 atom stereocenters. The van der Waals surface area contributed by atoms with E-state index in [0.717, 1.165) is 11.1 Å². The zero-order valence-corrected chi connectivity index (χ0v) is 13.0. The van der Waals surface area contributed by atoms with E-state index in [1.54, 1.807) is 18.2 Å². The number of fused-ring (bicyclic) bond motifs is 1. The van der Waals surface area contributed by atoms with Gasteiger partial charge in [0.25, 0.3) is 0 Å². The molecule has 0 radical (unpaired) electrons. The van der Waals surface area contributed by atoms with Crippen LogP contribution in [0.3, 0.4) is 0 Å². The third-order valence-corrected chi connectivity index (χ3v) is 3.74. The lowest BCUT2D eigenvalue weighted by molar-refractivity contribution is 0.0699. The van der Waals surface area contributed by atoms with Crippen LogP contribution in [-0.4, -0.2) is 22.7 Å². The molecule has 3 rings (SSSR count). The molecular formula is C19H17NO3. The van der Waals surface area contributed by atoms with Gasteiger partial charge in [-0.05, 0) is 43.7 Å². The number of ether oxygens (including phenoxy) is 1. The molecule has 0 saturated heterocycles. The van der Waals surface area contributed by atoms with Crippen LogP contribution in [0.25, 0.3) is 22.2 Å². The van der Waals surface area contributed by atoms with Crippen molar-refractivity contribution in [2.45, 2.75) is 13.8 Å². The van der Waals surface area contributed by atoms with Crippen molar-refractivity contribution in [2.24, 2.45) is 0 Å². The fraction of sp³-hybridized carbons (Fsp3) is 0.158. The second kappa shape index (κ2) is 6.08. The van der Waals surface area contributed by atoms with Crippen molar-refractivity contribution in [3.8, 4) is 17.0 Å². The number of carboxylic acid groups (broad SMARTS) is 1. The number of benzene rings is 2. The van der Waals surface area contributed by atoms with Crippen molar-refractivity contribution < 1.29 is 14.6 Å². The second-order valence-corrected chi connectivity index (χ2v) is 5.29. The quantitative estimate of drug-likeness (QED) is 0.780. The smallest absolute Gasteiger partial charge is 0.336 e. The van der Waals surface area contributed by atoms with Crippen molar-refractivity contribution in [3.05, 3.63) is 59.7 Å². The highest BCUT2D eigenvalue weighted by Crippen LogP contribution is 2.29. The maximum absolute atomic E-state index is 11.7. The molecule has 0 spiro atoms. The first kappa shape index (κ1) is 15.0. The van der Waals surface area contributed by atoms with E-state index in [9.17, 15) is 9.90 Å². The molecule has 0 aliphatic heterocycles. The van der Waals surface area contributed by atoms with Gasteiger partial charge in [-0.2, -0.15) is 0 Å². The average molecular weight is 307 g/mol. The summed E-state index contributed by atoms with van der Waals surface area (Å²) >= 11 is 0. The first-order valence-electron chi connectivity index (χ1n) is 7.47. The molecule has 1 aromatic heterocycles. The van der Waals surface area contributed by atoms with Gasteiger partial charge in [-0.1, -0.05) is 24.3 Å². The summed E-state index contributed by atoms with van der Waals surface area (Å²) in [6.07, 6.45) is 0. The topological polar surface area (TPSA) is 59.4 Å². The summed E-state index contributed by atoms with van der Waals surface area (Å²) < 4.78 is 5.46. The molecule has 0 saturated carbocycles. The Morgan fingerprint density at radius 2 is 1.96 bits per heavy atom. The van der Waals surface area contributed by atoms with Crippen LogP contribution in [0.15, 0.2) is 48.5 Å². The van der Waals surface area contributed by atoms with Gasteiger partial charge in [-0.25, -0.2) is 9.78 Å². The van der Waals surface area contributed by atoms with Gasteiger partial charge in [-0.3, -0.25) is 0 Å². The Hall–Kier alpha value is -2.88. The maximum Gasteiger partial charge on any atom is 0.336 e. The molecule has 3 aromatic rings. The molecule has 1 N–H and O–H groups in total. The largest absolute Gasteiger partial charge is 0.494 e. The molecule has 1 heterocycles. The standard InChI is InChI=1S/C19H17NO3/c1-3-23-13-8-9-17-15(10-13)16(19(21)22)11-18(20-17)14-7-5-4-6-12(14)2/h4-11H,3H2,1-2H3,(H,21,22). The number of aryl methyl sites for hydroxylation is 1. The number of carboxylic acids is 1. The summed E-state index contributed by atoms with van der Waals surface area (Å²) in [6.45, 7) is 4.41. The molecule has 4 heteroatoms. The van der Waals surface area contributed by atoms with Crippen molar-refractivity contribution in [1.29, 1.82) is 0 Å². The van der Waals surface area contributed by atoms with Crippen molar-refractivity contribution in [2.75, 3.05) is 6.61 Å². The fourth-order valence-corrected chi connectivity index (χ4v) is 2.64. The first-order chi connectivity index (χ1) is 11.1. The number of carbonyl (C=O) groups is 1. The highest BCUT2D eigenvalue weighted by molar-refractivity contribution is 6.04. The Labute approximate surface area is 134 Å². The van der Waals surface area contributed by atoms with E-state index in [-0.39, 0.29) is 5.56 Å². The fourth-order valence-electron chi connectivity index (χ4n) is 2.64. The van der Waals surface area contributed by atoms with Crippen LogP contribution >= 0.6 is 0 Å². The summed E-state index contributed by atoms with van der Waals surface area (Å²) in [6, 6.07) is 14.8. The Morgan fingerprint density at radius 1 is 1.17 bits per heavy atom. The Kier molecular flexibility index (Phi) is 3.98. The van der Waals surface area contributed by atoms with Crippen LogP contribution in [0, 0.1) is 6.92 Å². The Bertz CT molecular complexity index is 887. The lowest BCUT2D eigenvalue weighted by Crippen LogP contribution is -2.01. The first-order valence-corrected chi connectivity index (χ1v) is 7.47. The highest BCUT2D eigenvalue weighted by atomic mass is 16.5. The third kappa shape index (κ3) is 2.88. The number of pyridine rings is 1. The van der Waals surface area contributed by atoms with E-state index in [1.807, 2.05) is 44.2 Å². The van der Waals surface area contributed by atoms with Crippen LogP contribution in [0.2, 0.25) is 0 Å². The monoisotopic (exact) mass is 307 g/mol. The normalized spacial score (nSPS) is 10.7. The predicted molar refractivity (Wildman–Crippen MR) is 90.0 cm³/mol. The SMILES string of the molecule is CCOc1ccc2nc(-c3ccccc3C)cc(C(=O)O)c2c1. The van der Waals surface area contributed by atoms with Crippen LogP contribution in [0.4, 0.5) is 0 Å². The molecule has 4 nitrogen and oxygen atoms in total. The molecule has 0 aliphatic carbocycles. The van der Waals surface area contributed by atoms with Crippen LogP contribution < -0.4 is 4.74 Å². The van der Waals surface area contributed by atoms with E-state index in [0.29, 0.717) is 29.0 Å². The summed E-state index contributed by atoms with van der Waals surface area (Å²) in [5.41, 5.74) is 3.53. The number of hydrogen-bond donors (Lipinski definition) is 1. The van der Waals surface area contributed by atoms with Gasteiger partial charge in [0, 0.05) is 10.9 Å². The lowest BCUT2D eigenvalue weighted by atomic mass is 10.0. The minimum Gasteiger partial charge on any atom is -0.494 e. The molecule has 0 fully saturated rings. The van der Waals surface area contributed by atoms with Crippen LogP contribution in [0.1, 0.15) is 22.8 Å². The van der Waals surface area contributed by atoms with Gasteiger partial charge >= 0.3 is 5.97 Å². The Morgan fingerprint density at radius 3 is 2.65 bits per heavy atom. The minimum absolute atomic E-state index is 0.231. The maximum atomic E-state index is 11.7. The number of aromatic carboxylic acids is 1. The number of rotatable bonds is 4. The van der Waals surface area contributed by atoms with Gasteiger partial charge in [0.1, 0.15) is 5.75 Å². The molecule has 0 amide bonds. The summed E-state index contributed by atoms with van der Waals surface area (Å²) in [7, 11) is 0. The number of nitrogens with zero attached hydrogens (tertiary/aromatic N) is 1. The van der Waals surface area contributed by atoms with E-state index in [4.69, 9.17) is 4.74 Å². The third-order valence-electron chi connectivity index (χ3n) is 3.74. The molecule has 2 aromatic carbocycles. The highest BCUT2D eigenvalue weighted by Gasteiger charge is 2.14. The lowest BCUT2D eigenvalue weighted by Gasteiger charge is -2.10. The van der Waals surface area contributed by atoms with E-state index >= 15 is 0 Å². The molecule has 0 bridgehead atoms. The van der Waals surface area contributed by atoms with Crippen LogP contribution in [-0.2, 0) is 0 Å². The summed E-state index contributed by atoms with van der Waals surface area (Å²) in [5.74, 6) is -0.325. The van der Waals surface area contributed by atoms with E-state index in [2.05, 4.69) is 4.98 Å². The number of hydrogen-bond acceptors (Lipinski definition) is 3. The molecule has 23 heavy (non-hydrogen) atoms. The Balaban J connectivity index is 2.25. The zero-order chi connectivity index (χ0) is 16.4. The van der Waals surface area contributed by atoms with Gasteiger partial charge in [-0.15, -0.1) is 0 Å². The van der Waals surface area contributed by atoms with Gasteiger partial charge in [0.2, 0.25) is 0 Å². The average Bonchev–Trinajstić information content (AvgIpc) is 2.54.